The smallest absolute Gasteiger partial charge is 0.282 e. The van der Waals surface area contributed by atoms with Gasteiger partial charge in [0.1, 0.15) is 0 Å². The van der Waals surface area contributed by atoms with Gasteiger partial charge in [0.25, 0.3) is 10.2 Å². The lowest BCUT2D eigenvalue weighted by Gasteiger charge is -2.37. The van der Waals surface area contributed by atoms with Gasteiger partial charge in [0, 0.05) is 45.0 Å². The number of anilines is 1. The molecule has 1 saturated heterocycles. The third-order valence-corrected chi connectivity index (χ3v) is 6.15. The Morgan fingerprint density at radius 1 is 1.10 bits per heavy atom. The van der Waals surface area contributed by atoms with Crippen LogP contribution in [0.1, 0.15) is 19.4 Å². The van der Waals surface area contributed by atoms with Gasteiger partial charge < -0.3 is 4.90 Å². The van der Waals surface area contributed by atoms with Crippen LogP contribution in [0, 0.1) is 6.92 Å². The fourth-order valence-electron chi connectivity index (χ4n) is 2.71. The van der Waals surface area contributed by atoms with Gasteiger partial charge in [0.15, 0.2) is 0 Å². The quantitative estimate of drug-likeness (QED) is 0.831. The van der Waals surface area contributed by atoms with Crippen molar-refractivity contribution in [2.24, 2.45) is 0 Å². The Hall–Kier alpha value is -1.11. The molecular weight excluding hydrogens is 286 g/mol. The van der Waals surface area contributed by atoms with E-state index in [0.29, 0.717) is 26.2 Å². The van der Waals surface area contributed by atoms with Crippen molar-refractivity contribution in [3.05, 3.63) is 29.8 Å². The molecule has 0 spiro atoms. The number of piperazine rings is 1. The highest BCUT2D eigenvalue weighted by Gasteiger charge is 2.30. The first-order valence-electron chi connectivity index (χ1n) is 7.56. The molecule has 2 rings (SSSR count). The molecule has 118 valence electrons. The lowest BCUT2D eigenvalue weighted by Crippen LogP contribution is -2.53. The summed E-state index contributed by atoms with van der Waals surface area (Å²) in [6.45, 7) is 9.46. The zero-order valence-corrected chi connectivity index (χ0v) is 13.9. The Kier molecular flexibility index (Phi) is 5.24. The predicted molar refractivity (Wildman–Crippen MR) is 86.8 cm³/mol. The maximum atomic E-state index is 12.5. The number of aryl methyl sites for hydroxylation is 1. The summed E-state index contributed by atoms with van der Waals surface area (Å²) in [4.78, 5) is 2.25. The molecule has 1 heterocycles. The van der Waals surface area contributed by atoms with Gasteiger partial charge in [0.05, 0.1) is 0 Å². The van der Waals surface area contributed by atoms with Gasteiger partial charge in [-0.15, -0.1) is 0 Å². The first-order valence-corrected chi connectivity index (χ1v) is 8.95. The van der Waals surface area contributed by atoms with Gasteiger partial charge in [-0.3, -0.25) is 0 Å². The van der Waals surface area contributed by atoms with Crippen LogP contribution in [0.5, 0.6) is 0 Å². The van der Waals surface area contributed by atoms with E-state index in [4.69, 9.17) is 0 Å². The van der Waals surface area contributed by atoms with E-state index < -0.39 is 10.2 Å². The topological polar surface area (TPSA) is 43.9 Å². The number of rotatable bonds is 5. The Morgan fingerprint density at radius 3 is 2.24 bits per heavy atom. The average molecular weight is 311 g/mol. The molecule has 0 aliphatic carbocycles. The second kappa shape index (κ2) is 6.77. The molecule has 0 bridgehead atoms. The minimum atomic E-state index is -3.30. The van der Waals surface area contributed by atoms with E-state index in [1.54, 1.807) is 4.31 Å². The fraction of sp³-hybridized carbons (Fsp3) is 0.600. The Labute approximate surface area is 128 Å². The van der Waals surface area contributed by atoms with E-state index in [1.807, 2.05) is 19.9 Å². The molecule has 0 saturated carbocycles. The summed E-state index contributed by atoms with van der Waals surface area (Å²) in [5.74, 6) is 0. The number of nitrogens with zero attached hydrogens (tertiary/aromatic N) is 3. The molecule has 1 aromatic carbocycles. The van der Waals surface area contributed by atoms with Gasteiger partial charge in [0.2, 0.25) is 0 Å². The summed E-state index contributed by atoms with van der Waals surface area (Å²) in [5, 5.41) is 0. The largest absolute Gasteiger partial charge is 0.369 e. The molecule has 0 aromatic heterocycles. The Morgan fingerprint density at radius 2 is 1.71 bits per heavy atom. The SMILES string of the molecule is CCN(CC)S(=O)(=O)N1CCN(c2cccc(C)c2)CC1. The highest BCUT2D eigenvalue weighted by atomic mass is 32.2. The lowest BCUT2D eigenvalue weighted by molar-refractivity contribution is 0.334. The van der Waals surface area contributed by atoms with Crippen molar-refractivity contribution in [2.45, 2.75) is 20.8 Å². The molecular formula is C15H25N3O2S. The molecule has 5 nitrogen and oxygen atoms in total. The van der Waals surface area contributed by atoms with Crippen LogP contribution in [0.4, 0.5) is 5.69 Å². The molecule has 1 aromatic rings. The van der Waals surface area contributed by atoms with Crippen LogP contribution in [0.2, 0.25) is 0 Å². The van der Waals surface area contributed by atoms with Gasteiger partial charge in [-0.05, 0) is 24.6 Å². The van der Waals surface area contributed by atoms with Gasteiger partial charge in [-0.2, -0.15) is 17.0 Å². The van der Waals surface area contributed by atoms with E-state index >= 15 is 0 Å². The fourth-order valence-corrected chi connectivity index (χ4v) is 4.32. The lowest BCUT2D eigenvalue weighted by atomic mass is 10.2. The Balaban J connectivity index is 2.03. The molecule has 21 heavy (non-hydrogen) atoms. The molecule has 1 aliphatic heterocycles. The van der Waals surface area contributed by atoms with Crippen molar-refractivity contribution in [3.8, 4) is 0 Å². The van der Waals surface area contributed by atoms with Crippen molar-refractivity contribution in [1.82, 2.24) is 8.61 Å². The summed E-state index contributed by atoms with van der Waals surface area (Å²) in [6, 6.07) is 8.35. The van der Waals surface area contributed by atoms with Crippen molar-refractivity contribution in [2.75, 3.05) is 44.2 Å². The minimum Gasteiger partial charge on any atom is -0.369 e. The summed E-state index contributed by atoms with van der Waals surface area (Å²) < 4.78 is 28.1. The second-order valence-electron chi connectivity index (χ2n) is 5.32. The molecule has 1 fully saturated rings. The van der Waals surface area contributed by atoms with E-state index in [2.05, 4.69) is 30.0 Å². The monoisotopic (exact) mass is 311 g/mol. The van der Waals surface area contributed by atoms with E-state index in [0.717, 1.165) is 13.1 Å². The number of hydrogen-bond acceptors (Lipinski definition) is 3. The second-order valence-corrected chi connectivity index (χ2v) is 7.25. The van der Waals surface area contributed by atoms with Crippen LogP contribution >= 0.6 is 0 Å². The molecule has 0 atom stereocenters. The first-order chi connectivity index (χ1) is 9.98. The third kappa shape index (κ3) is 3.56. The number of benzene rings is 1. The molecule has 0 unspecified atom stereocenters. The average Bonchev–Trinajstić information content (AvgIpc) is 2.48. The Bertz CT molecular complexity index is 562. The van der Waals surface area contributed by atoms with Crippen LogP contribution in [-0.4, -0.2) is 56.3 Å². The van der Waals surface area contributed by atoms with Gasteiger partial charge >= 0.3 is 0 Å². The van der Waals surface area contributed by atoms with Crippen LogP contribution in [-0.2, 0) is 10.2 Å². The summed E-state index contributed by atoms with van der Waals surface area (Å²) in [6.07, 6.45) is 0. The van der Waals surface area contributed by atoms with Crippen LogP contribution in [0.15, 0.2) is 24.3 Å². The maximum Gasteiger partial charge on any atom is 0.282 e. The zero-order valence-electron chi connectivity index (χ0n) is 13.1. The highest BCUT2D eigenvalue weighted by Crippen LogP contribution is 2.19. The van der Waals surface area contributed by atoms with E-state index in [9.17, 15) is 8.42 Å². The van der Waals surface area contributed by atoms with Gasteiger partial charge in [-0.1, -0.05) is 26.0 Å². The van der Waals surface area contributed by atoms with Crippen LogP contribution in [0.3, 0.4) is 0 Å². The van der Waals surface area contributed by atoms with Crippen molar-refractivity contribution in [1.29, 1.82) is 0 Å². The van der Waals surface area contributed by atoms with Crippen molar-refractivity contribution < 1.29 is 8.42 Å². The summed E-state index contributed by atoms with van der Waals surface area (Å²) in [7, 11) is -3.30. The predicted octanol–water partition coefficient (Wildman–Crippen LogP) is 1.70. The maximum absolute atomic E-state index is 12.5. The standard InChI is InChI=1S/C15H25N3O2S/c1-4-17(5-2)21(19,20)18-11-9-16(10-12-18)15-8-6-7-14(3)13-15/h6-8,13H,4-5,9-12H2,1-3H3. The normalized spacial score (nSPS) is 17.4. The third-order valence-electron chi connectivity index (χ3n) is 3.96. The van der Waals surface area contributed by atoms with Crippen molar-refractivity contribution in [3.63, 3.8) is 0 Å². The molecule has 6 heteroatoms. The van der Waals surface area contributed by atoms with Gasteiger partial charge in [-0.25, -0.2) is 0 Å². The summed E-state index contributed by atoms with van der Waals surface area (Å²) >= 11 is 0. The highest BCUT2D eigenvalue weighted by molar-refractivity contribution is 7.86. The summed E-state index contributed by atoms with van der Waals surface area (Å²) in [5.41, 5.74) is 2.40. The van der Waals surface area contributed by atoms with Crippen LogP contribution in [0.25, 0.3) is 0 Å². The molecule has 0 N–H and O–H groups in total. The van der Waals surface area contributed by atoms with E-state index in [-0.39, 0.29) is 0 Å². The van der Waals surface area contributed by atoms with Crippen molar-refractivity contribution >= 4 is 15.9 Å². The molecule has 0 radical (unpaired) electrons. The minimum absolute atomic E-state index is 0.525. The first kappa shape index (κ1) is 16.3. The zero-order chi connectivity index (χ0) is 15.5. The van der Waals surface area contributed by atoms with E-state index in [1.165, 1.54) is 15.6 Å². The molecule has 1 aliphatic rings. The molecule has 0 amide bonds. The number of hydrogen-bond donors (Lipinski definition) is 0. The van der Waals surface area contributed by atoms with Crippen LogP contribution < -0.4 is 4.90 Å².